The fraction of sp³-hybridized carbons (Fsp3) is 0.462. The Morgan fingerprint density at radius 2 is 1.86 bits per heavy atom. The first-order chi connectivity index (χ1) is 6.86. The molecule has 0 aromatic heterocycles. The SMILES string of the molecule is CCCC1=CC=C2[CH]SC(CCC)=C21. The van der Waals surface area contributed by atoms with Crippen molar-refractivity contribution in [2.24, 2.45) is 0 Å². The van der Waals surface area contributed by atoms with Gasteiger partial charge in [-0.3, -0.25) is 0 Å². The molecule has 0 atom stereocenters. The van der Waals surface area contributed by atoms with Crippen molar-refractivity contribution in [1.29, 1.82) is 0 Å². The Balaban J connectivity index is 2.22. The molecule has 0 saturated carbocycles. The molecule has 2 aliphatic rings. The summed E-state index contributed by atoms with van der Waals surface area (Å²) in [6.07, 6.45) is 9.56. The lowest BCUT2D eigenvalue weighted by molar-refractivity contribution is 0.905. The zero-order valence-electron chi connectivity index (χ0n) is 8.97. The molecule has 0 aromatic carbocycles. The topological polar surface area (TPSA) is 0 Å². The molecule has 1 aliphatic heterocycles. The molecule has 0 aromatic rings. The molecule has 1 aliphatic carbocycles. The largest absolute Gasteiger partial charge is 0.120 e. The Labute approximate surface area is 91.2 Å². The number of hydrogen-bond donors (Lipinski definition) is 0. The maximum atomic E-state index is 2.31. The molecule has 0 amide bonds. The average molecular weight is 205 g/mol. The summed E-state index contributed by atoms with van der Waals surface area (Å²) in [4.78, 5) is 1.59. The van der Waals surface area contributed by atoms with Crippen LogP contribution in [0.15, 0.2) is 33.8 Å². The van der Waals surface area contributed by atoms with Gasteiger partial charge < -0.3 is 0 Å². The van der Waals surface area contributed by atoms with Gasteiger partial charge >= 0.3 is 0 Å². The third-order valence-electron chi connectivity index (χ3n) is 2.68. The normalized spacial score (nSPS) is 19.9. The number of allylic oxidation sites excluding steroid dienone is 5. The minimum Gasteiger partial charge on any atom is -0.120 e. The molecule has 0 N–H and O–H groups in total. The fourth-order valence-corrected chi connectivity index (χ4v) is 3.22. The Bertz CT molecular complexity index is 318. The van der Waals surface area contributed by atoms with E-state index in [0.717, 1.165) is 0 Å². The van der Waals surface area contributed by atoms with Gasteiger partial charge in [0.05, 0.1) is 5.75 Å². The molecule has 0 bridgehead atoms. The first-order valence-corrected chi connectivity index (χ1v) is 6.39. The van der Waals surface area contributed by atoms with Gasteiger partial charge in [0.25, 0.3) is 0 Å². The van der Waals surface area contributed by atoms with E-state index in [1.807, 2.05) is 11.8 Å². The van der Waals surface area contributed by atoms with Crippen molar-refractivity contribution >= 4 is 11.8 Å². The van der Waals surface area contributed by atoms with Crippen LogP contribution in [0.1, 0.15) is 39.5 Å². The molecule has 14 heavy (non-hydrogen) atoms. The van der Waals surface area contributed by atoms with E-state index in [0.29, 0.717) is 0 Å². The number of hydrogen-bond acceptors (Lipinski definition) is 1. The lowest BCUT2D eigenvalue weighted by Crippen LogP contribution is -1.88. The summed E-state index contributed by atoms with van der Waals surface area (Å²) in [5.74, 6) is 2.31. The van der Waals surface area contributed by atoms with Crippen molar-refractivity contribution in [3.8, 4) is 0 Å². The van der Waals surface area contributed by atoms with Crippen molar-refractivity contribution in [3.63, 3.8) is 0 Å². The zero-order valence-corrected chi connectivity index (χ0v) is 9.79. The molecule has 0 fully saturated rings. The molecular formula is C13H17S. The Morgan fingerprint density at radius 3 is 2.57 bits per heavy atom. The maximum Gasteiger partial charge on any atom is 0.0511 e. The highest BCUT2D eigenvalue weighted by molar-refractivity contribution is 8.05. The van der Waals surface area contributed by atoms with Crippen LogP contribution in [-0.2, 0) is 0 Å². The molecular weight excluding hydrogens is 188 g/mol. The quantitative estimate of drug-likeness (QED) is 0.645. The summed E-state index contributed by atoms with van der Waals surface area (Å²) < 4.78 is 0. The minimum atomic E-state index is 1.23. The van der Waals surface area contributed by atoms with Crippen LogP contribution in [-0.4, -0.2) is 0 Å². The first kappa shape index (κ1) is 10.1. The highest BCUT2D eigenvalue weighted by Crippen LogP contribution is 2.48. The second-order valence-electron chi connectivity index (χ2n) is 3.85. The predicted molar refractivity (Wildman–Crippen MR) is 64.9 cm³/mol. The van der Waals surface area contributed by atoms with Crippen LogP contribution < -0.4 is 0 Å². The van der Waals surface area contributed by atoms with Gasteiger partial charge in [-0.25, -0.2) is 0 Å². The summed E-state index contributed by atoms with van der Waals surface area (Å²) in [7, 11) is 0. The molecule has 0 spiro atoms. The Morgan fingerprint density at radius 1 is 1.07 bits per heavy atom. The number of thioether (sulfide) groups is 1. The van der Waals surface area contributed by atoms with Crippen LogP contribution in [0.3, 0.4) is 0 Å². The van der Waals surface area contributed by atoms with Crippen molar-refractivity contribution in [3.05, 3.63) is 39.5 Å². The lowest BCUT2D eigenvalue weighted by Gasteiger charge is -2.06. The van der Waals surface area contributed by atoms with Crippen molar-refractivity contribution < 1.29 is 0 Å². The van der Waals surface area contributed by atoms with E-state index in [-0.39, 0.29) is 0 Å². The highest BCUT2D eigenvalue weighted by atomic mass is 32.2. The van der Waals surface area contributed by atoms with E-state index < -0.39 is 0 Å². The molecule has 0 nitrogen and oxygen atoms in total. The van der Waals surface area contributed by atoms with E-state index in [1.165, 1.54) is 31.3 Å². The minimum absolute atomic E-state index is 1.23. The van der Waals surface area contributed by atoms with Gasteiger partial charge in [0.1, 0.15) is 0 Å². The summed E-state index contributed by atoms with van der Waals surface area (Å²) >= 11 is 1.93. The lowest BCUT2D eigenvalue weighted by atomic mass is 9.99. The average Bonchev–Trinajstić information content (AvgIpc) is 2.72. The van der Waals surface area contributed by atoms with Crippen molar-refractivity contribution in [2.45, 2.75) is 39.5 Å². The van der Waals surface area contributed by atoms with E-state index in [1.54, 1.807) is 16.1 Å². The van der Waals surface area contributed by atoms with Gasteiger partial charge in [0, 0.05) is 0 Å². The van der Waals surface area contributed by atoms with Gasteiger partial charge in [-0.05, 0) is 34.5 Å². The van der Waals surface area contributed by atoms with Crippen molar-refractivity contribution in [2.75, 3.05) is 0 Å². The molecule has 75 valence electrons. The van der Waals surface area contributed by atoms with E-state index >= 15 is 0 Å². The van der Waals surface area contributed by atoms with Crippen LogP contribution in [0.4, 0.5) is 0 Å². The number of rotatable bonds is 4. The van der Waals surface area contributed by atoms with Gasteiger partial charge in [0.2, 0.25) is 0 Å². The highest BCUT2D eigenvalue weighted by Gasteiger charge is 2.25. The van der Waals surface area contributed by atoms with Gasteiger partial charge in [0.15, 0.2) is 0 Å². The Hall–Kier alpha value is -0.430. The molecule has 0 saturated heterocycles. The molecule has 1 heteroatoms. The van der Waals surface area contributed by atoms with Crippen LogP contribution >= 0.6 is 11.8 Å². The zero-order chi connectivity index (χ0) is 9.97. The first-order valence-electron chi connectivity index (χ1n) is 5.51. The fourth-order valence-electron chi connectivity index (χ4n) is 2.06. The molecule has 2 rings (SSSR count). The smallest absolute Gasteiger partial charge is 0.0511 e. The third kappa shape index (κ3) is 1.70. The summed E-state index contributed by atoms with van der Waals surface area (Å²) in [6.45, 7) is 4.51. The molecule has 0 unspecified atom stereocenters. The molecule has 1 radical (unpaired) electrons. The van der Waals surface area contributed by atoms with Crippen LogP contribution in [0.25, 0.3) is 0 Å². The Kier molecular flexibility index (Phi) is 3.17. The van der Waals surface area contributed by atoms with Gasteiger partial charge in [-0.15, -0.1) is 11.8 Å². The second-order valence-corrected chi connectivity index (χ2v) is 4.81. The van der Waals surface area contributed by atoms with E-state index in [2.05, 4.69) is 31.8 Å². The third-order valence-corrected chi connectivity index (χ3v) is 3.74. The predicted octanol–water partition coefficient (Wildman–Crippen LogP) is 4.62. The van der Waals surface area contributed by atoms with Crippen molar-refractivity contribution in [1.82, 2.24) is 0 Å². The summed E-state index contributed by atoms with van der Waals surface area (Å²) in [6, 6.07) is 0. The summed E-state index contributed by atoms with van der Waals surface area (Å²) in [5, 5.41) is 0. The summed E-state index contributed by atoms with van der Waals surface area (Å²) in [5.41, 5.74) is 4.59. The molecule has 1 heterocycles. The second kappa shape index (κ2) is 4.39. The van der Waals surface area contributed by atoms with Gasteiger partial charge in [-0.2, -0.15) is 0 Å². The van der Waals surface area contributed by atoms with E-state index in [4.69, 9.17) is 0 Å². The standard InChI is InChI=1S/C13H17S/c1-3-5-10-7-8-11-9-14-12(6-4-2)13(10)11/h7-9H,3-6H2,1-2H3. The van der Waals surface area contributed by atoms with Crippen LogP contribution in [0.2, 0.25) is 0 Å². The number of fused-ring (bicyclic) bond motifs is 1. The maximum absolute atomic E-state index is 2.31. The van der Waals surface area contributed by atoms with Crippen LogP contribution in [0.5, 0.6) is 0 Å². The van der Waals surface area contributed by atoms with Gasteiger partial charge in [-0.1, -0.05) is 38.8 Å². The van der Waals surface area contributed by atoms with Crippen LogP contribution in [0, 0.1) is 5.75 Å². The monoisotopic (exact) mass is 205 g/mol. The van der Waals surface area contributed by atoms with E-state index in [9.17, 15) is 0 Å².